The van der Waals surface area contributed by atoms with E-state index in [0.717, 1.165) is 62.0 Å². The molecular weight excluding hydrogens is 450 g/mol. The molecule has 0 bridgehead atoms. The molecule has 3 rings (SSSR count). The Morgan fingerprint density at radius 2 is 2.15 bits per heavy atom. The number of ether oxygens (including phenoxy) is 1. The predicted molar refractivity (Wildman–Crippen MR) is 136 cm³/mol. The predicted octanol–water partition coefficient (Wildman–Crippen LogP) is 5.46. The molecule has 2 N–H and O–H groups in total. The highest BCUT2D eigenvalue weighted by atomic mass is 32.2. The van der Waals surface area contributed by atoms with Crippen LogP contribution in [0.25, 0.3) is 0 Å². The molecular formula is C27H41NO5S. The van der Waals surface area contributed by atoms with Crippen LogP contribution in [-0.4, -0.2) is 42.2 Å². The molecule has 1 aromatic rings. The standard InChI is InChI=1S/C27H41NO5S/c1-18-7-10-23-26(2,13-6-14-27(23,3)25(31)32-4)20(18)9-8-19-11-15-33-22(19)17-28-21(24(29)30)12-16-34-5/h11,15,20-21,23,28H,1,6-10,12-14,16-17H2,2-5H3,(H,29,30)/t20-,21-,23-,26+,27-/m0/s1. The van der Waals surface area contributed by atoms with Crippen LogP contribution >= 0.6 is 11.8 Å². The molecule has 0 spiro atoms. The number of allylic oxidation sites excluding steroid dienone is 1. The summed E-state index contributed by atoms with van der Waals surface area (Å²) in [7, 11) is 1.50. The summed E-state index contributed by atoms with van der Waals surface area (Å²) in [6, 6.07) is 1.42. The first-order valence-corrected chi connectivity index (χ1v) is 13.8. The summed E-state index contributed by atoms with van der Waals surface area (Å²) >= 11 is 1.65. The molecule has 0 aliphatic heterocycles. The molecule has 6 nitrogen and oxygen atoms in total. The molecule has 0 saturated heterocycles. The number of nitrogens with one attached hydrogen (secondary N) is 1. The Kier molecular flexibility index (Phi) is 8.96. The van der Waals surface area contributed by atoms with Crippen molar-refractivity contribution in [2.45, 2.75) is 77.8 Å². The molecule has 0 unspecified atom stereocenters. The van der Waals surface area contributed by atoms with Gasteiger partial charge in [0, 0.05) is 0 Å². The van der Waals surface area contributed by atoms with Crippen LogP contribution in [0.2, 0.25) is 0 Å². The second kappa shape index (κ2) is 11.3. The smallest absolute Gasteiger partial charge is 0.320 e. The van der Waals surface area contributed by atoms with Crippen molar-refractivity contribution in [1.29, 1.82) is 0 Å². The van der Waals surface area contributed by atoms with Crippen molar-refractivity contribution in [2.24, 2.45) is 22.7 Å². The van der Waals surface area contributed by atoms with Gasteiger partial charge in [0.05, 0.1) is 25.3 Å². The number of fused-ring (bicyclic) bond motifs is 1. The van der Waals surface area contributed by atoms with Crippen molar-refractivity contribution in [2.75, 3.05) is 19.1 Å². The molecule has 0 amide bonds. The van der Waals surface area contributed by atoms with E-state index in [1.807, 2.05) is 12.3 Å². The first-order valence-electron chi connectivity index (χ1n) is 12.4. The number of aliphatic carboxylic acids is 1. The second-order valence-corrected chi connectivity index (χ2v) is 11.5. The fraction of sp³-hybridized carbons (Fsp3) is 0.704. The lowest BCUT2D eigenvalue weighted by Gasteiger charge is -2.57. The van der Waals surface area contributed by atoms with E-state index in [4.69, 9.17) is 9.15 Å². The Hall–Kier alpha value is -1.73. The Balaban J connectivity index is 1.71. The summed E-state index contributed by atoms with van der Waals surface area (Å²) in [5, 5.41) is 12.6. The average molecular weight is 492 g/mol. The number of thioether (sulfide) groups is 1. The summed E-state index contributed by atoms with van der Waals surface area (Å²) in [5.74, 6) is 1.32. The van der Waals surface area contributed by atoms with Crippen LogP contribution in [0.5, 0.6) is 0 Å². The summed E-state index contributed by atoms with van der Waals surface area (Å²) in [5.41, 5.74) is 1.99. The van der Waals surface area contributed by atoms with Gasteiger partial charge in [0.1, 0.15) is 11.8 Å². The van der Waals surface area contributed by atoms with Gasteiger partial charge in [-0.15, -0.1) is 0 Å². The van der Waals surface area contributed by atoms with E-state index in [1.165, 1.54) is 12.7 Å². The lowest BCUT2D eigenvalue weighted by Crippen LogP contribution is -2.53. The third kappa shape index (κ3) is 5.40. The van der Waals surface area contributed by atoms with Crippen molar-refractivity contribution in [3.8, 4) is 0 Å². The van der Waals surface area contributed by atoms with E-state index in [-0.39, 0.29) is 17.3 Å². The largest absolute Gasteiger partial charge is 0.480 e. The van der Waals surface area contributed by atoms with Crippen LogP contribution in [0, 0.1) is 22.7 Å². The van der Waals surface area contributed by atoms with Crippen LogP contribution < -0.4 is 5.32 Å². The van der Waals surface area contributed by atoms with Gasteiger partial charge in [0.15, 0.2) is 0 Å². The number of methoxy groups -OCH3 is 1. The maximum Gasteiger partial charge on any atom is 0.320 e. The maximum absolute atomic E-state index is 12.8. The number of esters is 1. The molecule has 0 aromatic carbocycles. The van der Waals surface area contributed by atoms with E-state index >= 15 is 0 Å². The van der Waals surface area contributed by atoms with Gasteiger partial charge >= 0.3 is 11.9 Å². The summed E-state index contributed by atoms with van der Waals surface area (Å²) in [4.78, 5) is 24.4. The normalized spacial score (nSPS) is 29.9. The van der Waals surface area contributed by atoms with Crippen LogP contribution in [0.15, 0.2) is 28.9 Å². The SMILES string of the molecule is C=C1CC[C@H]2[C@](C)(CCC[C@]2(C)C(=O)OC)[C@H]1CCc1ccoc1CN[C@@H](CCSC)C(=O)O. The molecule has 2 fully saturated rings. The first kappa shape index (κ1) is 26.9. The van der Waals surface area contributed by atoms with Crippen LogP contribution in [0.3, 0.4) is 0 Å². The molecule has 5 atom stereocenters. The van der Waals surface area contributed by atoms with Crippen molar-refractivity contribution in [3.05, 3.63) is 35.8 Å². The van der Waals surface area contributed by atoms with Gasteiger partial charge in [-0.25, -0.2) is 0 Å². The van der Waals surface area contributed by atoms with Gasteiger partial charge in [0.2, 0.25) is 0 Å². The zero-order chi connectivity index (χ0) is 24.9. The number of rotatable bonds is 11. The zero-order valence-electron chi connectivity index (χ0n) is 21.2. The molecule has 7 heteroatoms. The van der Waals surface area contributed by atoms with Crippen LogP contribution in [0.4, 0.5) is 0 Å². The number of hydrogen-bond donors (Lipinski definition) is 2. The number of aryl methyl sites for hydroxylation is 1. The number of carbonyl (C=O) groups is 2. The Morgan fingerprint density at radius 3 is 2.82 bits per heavy atom. The number of hydrogen-bond acceptors (Lipinski definition) is 6. The molecule has 1 heterocycles. The Morgan fingerprint density at radius 1 is 1.38 bits per heavy atom. The van der Waals surface area contributed by atoms with Gasteiger partial charge in [-0.1, -0.05) is 25.5 Å². The van der Waals surface area contributed by atoms with Gasteiger partial charge in [0.25, 0.3) is 0 Å². The fourth-order valence-corrected chi connectivity index (χ4v) is 7.24. The van der Waals surface area contributed by atoms with Gasteiger partial charge in [-0.05, 0) is 92.8 Å². The molecule has 2 aliphatic rings. The summed E-state index contributed by atoms with van der Waals surface area (Å²) in [6.45, 7) is 9.31. The van der Waals surface area contributed by atoms with Gasteiger partial charge < -0.3 is 14.3 Å². The molecule has 1 aromatic heterocycles. The molecule has 34 heavy (non-hydrogen) atoms. The average Bonchev–Trinajstić information content (AvgIpc) is 3.24. The zero-order valence-corrected chi connectivity index (χ0v) is 22.0. The minimum Gasteiger partial charge on any atom is -0.480 e. The monoisotopic (exact) mass is 491 g/mol. The second-order valence-electron chi connectivity index (χ2n) is 10.5. The summed E-state index contributed by atoms with van der Waals surface area (Å²) < 4.78 is 11.0. The Labute approximate surface area is 208 Å². The molecule has 2 aliphatic carbocycles. The van der Waals surface area contributed by atoms with E-state index in [9.17, 15) is 14.7 Å². The minimum atomic E-state index is -0.828. The fourth-order valence-electron chi connectivity index (χ4n) is 6.77. The van der Waals surface area contributed by atoms with E-state index in [2.05, 4.69) is 25.7 Å². The molecule has 2 saturated carbocycles. The summed E-state index contributed by atoms with van der Waals surface area (Å²) in [6.07, 6.45) is 11.0. The van der Waals surface area contributed by atoms with Gasteiger partial charge in [-0.2, -0.15) is 11.8 Å². The van der Waals surface area contributed by atoms with E-state index < -0.39 is 17.4 Å². The van der Waals surface area contributed by atoms with Crippen molar-refractivity contribution < 1.29 is 23.8 Å². The van der Waals surface area contributed by atoms with Crippen LogP contribution in [-0.2, 0) is 27.3 Å². The lowest BCUT2D eigenvalue weighted by atomic mass is 9.46. The highest BCUT2D eigenvalue weighted by Gasteiger charge is 2.57. The minimum absolute atomic E-state index is 0.0187. The highest BCUT2D eigenvalue weighted by Crippen LogP contribution is 2.62. The third-order valence-corrected chi connectivity index (χ3v) is 9.27. The van der Waals surface area contributed by atoms with Crippen LogP contribution in [0.1, 0.15) is 70.1 Å². The highest BCUT2D eigenvalue weighted by molar-refractivity contribution is 7.98. The topological polar surface area (TPSA) is 88.8 Å². The quantitative estimate of drug-likeness (QED) is 0.314. The number of furan rings is 1. The first-order chi connectivity index (χ1) is 16.2. The van der Waals surface area contributed by atoms with Crippen molar-refractivity contribution in [3.63, 3.8) is 0 Å². The van der Waals surface area contributed by atoms with Gasteiger partial charge in [-0.3, -0.25) is 14.9 Å². The number of carbonyl (C=O) groups excluding carboxylic acids is 1. The molecule has 190 valence electrons. The number of carboxylic acids is 1. The maximum atomic E-state index is 12.8. The van der Waals surface area contributed by atoms with E-state index in [1.54, 1.807) is 18.0 Å². The molecule has 0 radical (unpaired) electrons. The van der Waals surface area contributed by atoms with Crippen molar-refractivity contribution >= 4 is 23.7 Å². The van der Waals surface area contributed by atoms with E-state index in [0.29, 0.717) is 18.9 Å². The van der Waals surface area contributed by atoms with Crippen molar-refractivity contribution in [1.82, 2.24) is 5.32 Å². The third-order valence-electron chi connectivity index (χ3n) is 8.63. The lowest BCUT2D eigenvalue weighted by molar-refractivity contribution is -0.168. The Bertz CT molecular complexity index is 882. The number of carboxylic acid groups (broad SMARTS) is 1.